The maximum absolute atomic E-state index is 9.68. The fourth-order valence-electron chi connectivity index (χ4n) is 2.91. The zero-order chi connectivity index (χ0) is 13.0. The van der Waals surface area contributed by atoms with E-state index in [4.69, 9.17) is 0 Å². The lowest BCUT2D eigenvalue weighted by molar-refractivity contribution is 0.379. The Balaban J connectivity index is 1.80. The van der Waals surface area contributed by atoms with Crippen LogP contribution in [-0.4, -0.2) is 11.7 Å². The first-order valence-electron chi connectivity index (χ1n) is 6.80. The standard InChI is InChI=1S/C16H23NO/c1-12-7-13(2)9-14(8-12)10-17-11-15-5-3-4-6-16(15)18/h3-7,12,14,17-18H,8-11H2,1-2H3. The molecule has 0 aromatic heterocycles. The molecule has 1 aliphatic rings. The fraction of sp³-hybridized carbons (Fsp3) is 0.500. The van der Waals surface area contributed by atoms with Crippen LogP contribution in [0.3, 0.4) is 0 Å². The molecule has 2 heteroatoms. The average Bonchev–Trinajstić information content (AvgIpc) is 2.30. The minimum absolute atomic E-state index is 0.387. The van der Waals surface area contributed by atoms with E-state index >= 15 is 0 Å². The first kappa shape index (κ1) is 13.2. The molecule has 2 rings (SSSR count). The summed E-state index contributed by atoms with van der Waals surface area (Å²) in [6.07, 6.45) is 4.86. The highest BCUT2D eigenvalue weighted by Gasteiger charge is 2.17. The molecule has 0 heterocycles. The molecule has 1 aromatic carbocycles. The Morgan fingerprint density at radius 1 is 1.33 bits per heavy atom. The van der Waals surface area contributed by atoms with Gasteiger partial charge in [-0.25, -0.2) is 0 Å². The smallest absolute Gasteiger partial charge is 0.120 e. The number of phenolic OH excluding ortho intramolecular Hbond substituents is 1. The maximum atomic E-state index is 9.68. The van der Waals surface area contributed by atoms with E-state index in [1.54, 1.807) is 6.07 Å². The number of hydrogen-bond donors (Lipinski definition) is 2. The highest BCUT2D eigenvalue weighted by atomic mass is 16.3. The third kappa shape index (κ3) is 3.61. The van der Waals surface area contributed by atoms with E-state index in [1.807, 2.05) is 18.2 Å². The van der Waals surface area contributed by atoms with E-state index in [9.17, 15) is 5.11 Å². The predicted molar refractivity (Wildman–Crippen MR) is 75.5 cm³/mol. The van der Waals surface area contributed by atoms with Crippen molar-refractivity contribution in [2.24, 2.45) is 11.8 Å². The van der Waals surface area contributed by atoms with Crippen molar-refractivity contribution in [1.29, 1.82) is 0 Å². The number of nitrogens with one attached hydrogen (secondary N) is 1. The van der Waals surface area contributed by atoms with Crippen LogP contribution in [0.2, 0.25) is 0 Å². The highest BCUT2D eigenvalue weighted by molar-refractivity contribution is 5.31. The van der Waals surface area contributed by atoms with Crippen molar-refractivity contribution in [2.45, 2.75) is 33.2 Å². The van der Waals surface area contributed by atoms with E-state index in [0.717, 1.165) is 24.6 Å². The van der Waals surface area contributed by atoms with Crippen LogP contribution < -0.4 is 5.32 Å². The number of para-hydroxylation sites is 1. The van der Waals surface area contributed by atoms with Gasteiger partial charge in [-0.3, -0.25) is 0 Å². The monoisotopic (exact) mass is 245 g/mol. The van der Waals surface area contributed by atoms with Gasteiger partial charge in [0.1, 0.15) is 5.75 Å². The summed E-state index contributed by atoms with van der Waals surface area (Å²) in [7, 11) is 0. The Kier molecular flexibility index (Phi) is 4.43. The lowest BCUT2D eigenvalue weighted by Gasteiger charge is -2.25. The average molecular weight is 245 g/mol. The van der Waals surface area contributed by atoms with Gasteiger partial charge in [0.2, 0.25) is 0 Å². The summed E-state index contributed by atoms with van der Waals surface area (Å²) in [5.74, 6) is 1.82. The van der Waals surface area contributed by atoms with Gasteiger partial charge in [0.05, 0.1) is 0 Å². The zero-order valence-corrected chi connectivity index (χ0v) is 11.3. The molecule has 0 fully saturated rings. The van der Waals surface area contributed by atoms with E-state index in [-0.39, 0.29) is 0 Å². The number of hydrogen-bond acceptors (Lipinski definition) is 2. The Hall–Kier alpha value is -1.28. The van der Waals surface area contributed by atoms with Crippen LogP contribution in [0.1, 0.15) is 32.3 Å². The Labute approximate surface area is 110 Å². The van der Waals surface area contributed by atoms with Gasteiger partial charge in [0.15, 0.2) is 0 Å². The van der Waals surface area contributed by atoms with Crippen LogP contribution in [0, 0.1) is 11.8 Å². The van der Waals surface area contributed by atoms with E-state index < -0.39 is 0 Å². The Morgan fingerprint density at radius 3 is 2.83 bits per heavy atom. The van der Waals surface area contributed by atoms with Gasteiger partial charge in [-0.1, -0.05) is 36.8 Å². The first-order chi connectivity index (χ1) is 8.65. The first-order valence-corrected chi connectivity index (χ1v) is 6.80. The molecule has 0 aliphatic heterocycles. The van der Waals surface area contributed by atoms with Crippen LogP contribution in [0.15, 0.2) is 35.9 Å². The summed E-state index contributed by atoms with van der Waals surface area (Å²) in [6.45, 7) is 6.30. The van der Waals surface area contributed by atoms with Crippen LogP contribution in [0.4, 0.5) is 0 Å². The molecule has 0 saturated carbocycles. The van der Waals surface area contributed by atoms with Crippen molar-refractivity contribution < 1.29 is 5.11 Å². The van der Waals surface area contributed by atoms with E-state index in [2.05, 4.69) is 25.2 Å². The van der Waals surface area contributed by atoms with Gasteiger partial charge in [0.25, 0.3) is 0 Å². The van der Waals surface area contributed by atoms with Gasteiger partial charge in [0, 0.05) is 12.1 Å². The topological polar surface area (TPSA) is 32.3 Å². The highest BCUT2D eigenvalue weighted by Crippen LogP contribution is 2.27. The van der Waals surface area contributed by atoms with Gasteiger partial charge in [-0.15, -0.1) is 0 Å². The number of phenols is 1. The predicted octanol–water partition coefficient (Wildman–Crippen LogP) is 3.47. The molecule has 98 valence electrons. The molecule has 2 unspecified atom stereocenters. The lowest BCUT2D eigenvalue weighted by Crippen LogP contribution is -2.25. The lowest BCUT2D eigenvalue weighted by atomic mass is 9.84. The second kappa shape index (κ2) is 6.05. The summed E-state index contributed by atoms with van der Waals surface area (Å²) in [4.78, 5) is 0. The summed E-state index contributed by atoms with van der Waals surface area (Å²) >= 11 is 0. The summed E-state index contributed by atoms with van der Waals surface area (Å²) in [6, 6.07) is 7.53. The van der Waals surface area contributed by atoms with Crippen molar-refractivity contribution in [2.75, 3.05) is 6.54 Å². The zero-order valence-electron chi connectivity index (χ0n) is 11.3. The summed E-state index contributed by atoms with van der Waals surface area (Å²) < 4.78 is 0. The fourth-order valence-corrected chi connectivity index (χ4v) is 2.91. The molecule has 2 N–H and O–H groups in total. The number of rotatable bonds is 4. The third-order valence-electron chi connectivity index (χ3n) is 3.62. The number of benzene rings is 1. The van der Waals surface area contributed by atoms with Gasteiger partial charge < -0.3 is 10.4 Å². The summed E-state index contributed by atoms with van der Waals surface area (Å²) in [5.41, 5.74) is 2.50. The van der Waals surface area contributed by atoms with Crippen molar-refractivity contribution in [3.63, 3.8) is 0 Å². The SMILES string of the molecule is CC1=CC(C)CC(CNCc2ccccc2O)C1. The van der Waals surface area contributed by atoms with Crippen LogP contribution in [0.25, 0.3) is 0 Å². The van der Waals surface area contributed by atoms with Gasteiger partial charge in [-0.2, -0.15) is 0 Å². The van der Waals surface area contributed by atoms with Gasteiger partial charge >= 0.3 is 0 Å². The quantitative estimate of drug-likeness (QED) is 0.796. The van der Waals surface area contributed by atoms with E-state index in [1.165, 1.54) is 18.4 Å². The molecule has 18 heavy (non-hydrogen) atoms. The second-order valence-electron chi connectivity index (χ2n) is 5.56. The van der Waals surface area contributed by atoms with Crippen molar-refractivity contribution in [3.05, 3.63) is 41.5 Å². The van der Waals surface area contributed by atoms with E-state index in [0.29, 0.717) is 11.7 Å². The Morgan fingerprint density at radius 2 is 2.11 bits per heavy atom. The Bertz CT molecular complexity index is 425. The largest absolute Gasteiger partial charge is 0.508 e. The molecule has 2 atom stereocenters. The third-order valence-corrected chi connectivity index (χ3v) is 3.62. The van der Waals surface area contributed by atoms with Gasteiger partial charge in [-0.05, 0) is 44.2 Å². The van der Waals surface area contributed by atoms with Crippen molar-refractivity contribution in [1.82, 2.24) is 5.32 Å². The molecule has 2 nitrogen and oxygen atoms in total. The molecule has 0 radical (unpaired) electrons. The minimum atomic E-state index is 0.387. The molecular formula is C16H23NO. The molecule has 1 aromatic rings. The maximum Gasteiger partial charge on any atom is 0.120 e. The second-order valence-corrected chi connectivity index (χ2v) is 5.56. The normalized spacial score (nSPS) is 23.8. The molecule has 0 amide bonds. The molecule has 1 aliphatic carbocycles. The van der Waals surface area contributed by atoms with Crippen molar-refractivity contribution >= 4 is 0 Å². The molecular weight excluding hydrogens is 222 g/mol. The molecule has 0 bridgehead atoms. The minimum Gasteiger partial charge on any atom is -0.508 e. The summed E-state index contributed by atoms with van der Waals surface area (Å²) in [5, 5.41) is 13.1. The number of allylic oxidation sites excluding steroid dienone is 2. The molecule has 0 saturated heterocycles. The molecule has 0 spiro atoms. The number of aromatic hydroxyl groups is 1. The van der Waals surface area contributed by atoms with Crippen LogP contribution in [-0.2, 0) is 6.54 Å². The van der Waals surface area contributed by atoms with Crippen molar-refractivity contribution in [3.8, 4) is 5.75 Å². The van der Waals surface area contributed by atoms with Crippen LogP contribution in [0.5, 0.6) is 5.75 Å². The van der Waals surface area contributed by atoms with Crippen LogP contribution >= 0.6 is 0 Å².